The minimum Gasteiger partial charge on any atom is -0.494 e. The van der Waals surface area contributed by atoms with E-state index in [2.05, 4.69) is 5.32 Å². The van der Waals surface area contributed by atoms with Crippen LogP contribution in [-0.4, -0.2) is 19.8 Å². The van der Waals surface area contributed by atoms with E-state index < -0.39 is 11.9 Å². The van der Waals surface area contributed by atoms with E-state index in [0.29, 0.717) is 13.0 Å². The molecule has 1 aromatic carbocycles. The van der Waals surface area contributed by atoms with Crippen molar-refractivity contribution < 1.29 is 18.7 Å². The highest BCUT2D eigenvalue weighted by atomic mass is 19.1. The minimum absolute atomic E-state index is 0.193. The lowest BCUT2D eigenvalue weighted by atomic mass is 10.0. The van der Waals surface area contributed by atoms with E-state index in [-0.39, 0.29) is 11.8 Å². The van der Waals surface area contributed by atoms with Crippen molar-refractivity contribution in [1.82, 2.24) is 5.32 Å². The monoisotopic (exact) mass is 225 g/mol. The average molecular weight is 225 g/mol. The van der Waals surface area contributed by atoms with Gasteiger partial charge in [-0.15, -0.1) is 0 Å². The number of alkyl carbamates (subject to hydrolysis) is 1. The molecule has 0 aliphatic carbocycles. The van der Waals surface area contributed by atoms with E-state index >= 15 is 0 Å². The summed E-state index contributed by atoms with van der Waals surface area (Å²) in [5.41, 5.74) is 0.718. The van der Waals surface area contributed by atoms with Crippen LogP contribution in [0.25, 0.3) is 0 Å². The summed E-state index contributed by atoms with van der Waals surface area (Å²) < 4.78 is 23.0. The molecule has 0 bridgehead atoms. The van der Waals surface area contributed by atoms with Gasteiger partial charge in [-0.25, -0.2) is 9.18 Å². The van der Waals surface area contributed by atoms with E-state index in [9.17, 15) is 9.18 Å². The standard InChI is InChI=1S/C11H12FNO3/c1-15-10-3-2-7(6-8(10)12)9-4-5-16-11(14)13-9/h2-3,6,9H,4-5H2,1H3,(H,13,14)/t9-/m0/s1. The summed E-state index contributed by atoms with van der Waals surface area (Å²) in [6, 6.07) is 4.46. The molecular formula is C11H12FNO3. The maximum atomic E-state index is 13.4. The number of hydrogen-bond donors (Lipinski definition) is 1. The van der Waals surface area contributed by atoms with Crippen LogP contribution in [0.2, 0.25) is 0 Å². The second-order valence-electron chi connectivity index (χ2n) is 3.52. The Hall–Kier alpha value is -1.78. The number of methoxy groups -OCH3 is 1. The summed E-state index contributed by atoms with van der Waals surface area (Å²) in [6.45, 7) is 0.351. The van der Waals surface area contributed by atoms with Crippen LogP contribution < -0.4 is 10.1 Å². The molecule has 1 saturated heterocycles. The summed E-state index contributed by atoms with van der Waals surface area (Å²) in [6.07, 6.45) is 0.171. The van der Waals surface area contributed by atoms with Gasteiger partial charge in [0.1, 0.15) is 0 Å². The third-order valence-corrected chi connectivity index (χ3v) is 2.51. The molecule has 0 radical (unpaired) electrons. The number of amides is 1. The van der Waals surface area contributed by atoms with Crippen LogP contribution in [0.3, 0.4) is 0 Å². The number of carbonyl (C=O) groups is 1. The van der Waals surface area contributed by atoms with Gasteiger partial charge in [0.05, 0.1) is 19.8 Å². The molecule has 86 valence electrons. The van der Waals surface area contributed by atoms with Gasteiger partial charge in [0, 0.05) is 6.42 Å². The lowest BCUT2D eigenvalue weighted by Gasteiger charge is -2.23. The molecule has 0 spiro atoms. The average Bonchev–Trinajstić information content (AvgIpc) is 2.29. The van der Waals surface area contributed by atoms with Gasteiger partial charge in [-0.1, -0.05) is 6.07 Å². The summed E-state index contributed by atoms with van der Waals surface area (Å²) in [5, 5.41) is 2.63. The number of hydrogen-bond acceptors (Lipinski definition) is 3. The maximum absolute atomic E-state index is 13.4. The van der Waals surface area contributed by atoms with Gasteiger partial charge in [0.25, 0.3) is 0 Å². The van der Waals surface area contributed by atoms with Crippen LogP contribution in [0.4, 0.5) is 9.18 Å². The van der Waals surface area contributed by atoms with Crippen LogP contribution in [0.1, 0.15) is 18.0 Å². The van der Waals surface area contributed by atoms with Gasteiger partial charge in [-0.3, -0.25) is 0 Å². The Morgan fingerprint density at radius 3 is 3.00 bits per heavy atom. The van der Waals surface area contributed by atoms with Crippen LogP contribution in [0.15, 0.2) is 18.2 Å². The second-order valence-corrected chi connectivity index (χ2v) is 3.52. The van der Waals surface area contributed by atoms with Crippen molar-refractivity contribution in [2.45, 2.75) is 12.5 Å². The van der Waals surface area contributed by atoms with Gasteiger partial charge in [-0.05, 0) is 17.7 Å². The topological polar surface area (TPSA) is 47.6 Å². The van der Waals surface area contributed by atoms with Crippen LogP contribution in [-0.2, 0) is 4.74 Å². The van der Waals surface area contributed by atoms with Crippen molar-refractivity contribution in [2.24, 2.45) is 0 Å². The fourth-order valence-electron chi connectivity index (χ4n) is 1.67. The van der Waals surface area contributed by atoms with Crippen molar-refractivity contribution in [3.05, 3.63) is 29.6 Å². The molecule has 5 heteroatoms. The molecule has 1 aliphatic heterocycles. The first-order valence-corrected chi connectivity index (χ1v) is 4.97. The Balaban J connectivity index is 2.20. The third kappa shape index (κ3) is 2.08. The lowest BCUT2D eigenvalue weighted by Crippen LogP contribution is -2.35. The molecule has 1 amide bonds. The van der Waals surface area contributed by atoms with Crippen LogP contribution >= 0.6 is 0 Å². The molecule has 1 heterocycles. The summed E-state index contributed by atoms with van der Waals surface area (Å²) >= 11 is 0. The summed E-state index contributed by atoms with van der Waals surface area (Å²) in [4.78, 5) is 11.0. The van der Waals surface area contributed by atoms with E-state index in [1.165, 1.54) is 13.2 Å². The minimum atomic E-state index is -0.465. The predicted octanol–water partition coefficient (Wildman–Crippen LogP) is 2.01. The van der Waals surface area contributed by atoms with Gasteiger partial charge in [0.2, 0.25) is 0 Å². The lowest BCUT2D eigenvalue weighted by molar-refractivity contribution is 0.115. The molecule has 2 rings (SSSR count). The molecule has 16 heavy (non-hydrogen) atoms. The number of halogens is 1. The molecule has 1 aliphatic rings. The second kappa shape index (κ2) is 4.38. The zero-order chi connectivity index (χ0) is 11.5. The number of carbonyl (C=O) groups excluding carboxylic acids is 1. The first-order chi connectivity index (χ1) is 7.70. The number of cyclic esters (lactones) is 1. The van der Waals surface area contributed by atoms with E-state index in [0.717, 1.165) is 5.56 Å². The molecule has 4 nitrogen and oxygen atoms in total. The number of ether oxygens (including phenoxy) is 2. The highest BCUT2D eigenvalue weighted by Gasteiger charge is 2.21. The molecule has 1 aromatic rings. The van der Waals surface area contributed by atoms with Crippen LogP contribution in [0.5, 0.6) is 5.75 Å². The van der Waals surface area contributed by atoms with E-state index in [4.69, 9.17) is 9.47 Å². The van der Waals surface area contributed by atoms with Gasteiger partial charge < -0.3 is 14.8 Å². The molecule has 0 aromatic heterocycles. The number of benzene rings is 1. The smallest absolute Gasteiger partial charge is 0.407 e. The normalized spacial score (nSPS) is 19.9. The van der Waals surface area contributed by atoms with Crippen molar-refractivity contribution in [2.75, 3.05) is 13.7 Å². The zero-order valence-corrected chi connectivity index (χ0v) is 8.83. The molecule has 0 unspecified atom stereocenters. The third-order valence-electron chi connectivity index (χ3n) is 2.51. The summed E-state index contributed by atoms with van der Waals surface area (Å²) in [5.74, 6) is -0.233. The Morgan fingerprint density at radius 2 is 2.38 bits per heavy atom. The number of nitrogens with one attached hydrogen (secondary N) is 1. The highest BCUT2D eigenvalue weighted by Crippen LogP contribution is 2.25. The van der Waals surface area contributed by atoms with Crippen molar-refractivity contribution in [3.8, 4) is 5.75 Å². The Kier molecular flexibility index (Phi) is 2.94. The molecule has 1 fully saturated rings. The van der Waals surface area contributed by atoms with Gasteiger partial charge in [-0.2, -0.15) is 0 Å². The molecule has 1 N–H and O–H groups in total. The van der Waals surface area contributed by atoms with Crippen molar-refractivity contribution in [3.63, 3.8) is 0 Å². The number of rotatable bonds is 2. The van der Waals surface area contributed by atoms with E-state index in [1.807, 2.05) is 0 Å². The predicted molar refractivity (Wildman–Crippen MR) is 54.8 cm³/mol. The SMILES string of the molecule is COc1ccc([C@@H]2CCOC(=O)N2)cc1F. The first-order valence-electron chi connectivity index (χ1n) is 4.97. The summed E-state index contributed by atoms with van der Waals surface area (Å²) in [7, 11) is 1.41. The first kappa shape index (κ1) is 10.7. The quantitative estimate of drug-likeness (QED) is 0.837. The fraction of sp³-hybridized carbons (Fsp3) is 0.364. The van der Waals surface area contributed by atoms with E-state index in [1.54, 1.807) is 12.1 Å². The van der Waals surface area contributed by atoms with Gasteiger partial charge >= 0.3 is 6.09 Å². The van der Waals surface area contributed by atoms with Gasteiger partial charge in [0.15, 0.2) is 11.6 Å². The molecular weight excluding hydrogens is 213 g/mol. The van der Waals surface area contributed by atoms with Crippen LogP contribution in [0, 0.1) is 5.82 Å². The highest BCUT2D eigenvalue weighted by molar-refractivity contribution is 5.68. The Labute approximate surface area is 92.4 Å². The zero-order valence-electron chi connectivity index (χ0n) is 8.83. The maximum Gasteiger partial charge on any atom is 0.407 e. The van der Waals surface area contributed by atoms with Crippen molar-refractivity contribution >= 4 is 6.09 Å². The molecule has 0 saturated carbocycles. The van der Waals surface area contributed by atoms with Crippen molar-refractivity contribution in [1.29, 1.82) is 0 Å². The largest absolute Gasteiger partial charge is 0.494 e. The fourth-order valence-corrected chi connectivity index (χ4v) is 1.67. The Bertz CT molecular complexity index is 408. The Morgan fingerprint density at radius 1 is 1.56 bits per heavy atom. The molecule has 1 atom stereocenters.